The van der Waals surface area contributed by atoms with Crippen LogP contribution in [0.15, 0.2) is 11.8 Å². The molecule has 6 nitrogen and oxygen atoms in total. The average Bonchev–Trinajstić information content (AvgIpc) is 2.18. The second-order valence-electron chi connectivity index (χ2n) is 7.05. The van der Waals surface area contributed by atoms with Crippen LogP contribution in [0.2, 0.25) is 45.8 Å². The van der Waals surface area contributed by atoms with Crippen molar-refractivity contribution in [3.8, 4) is 0 Å². The van der Waals surface area contributed by atoms with Gasteiger partial charge in [0.15, 0.2) is 0 Å². The third-order valence-electron chi connectivity index (χ3n) is 3.15. The normalized spacial score (nSPS) is 25.8. The average molecular weight is 381 g/mol. The van der Waals surface area contributed by atoms with Crippen LogP contribution in [-0.4, -0.2) is 45.3 Å². The van der Waals surface area contributed by atoms with Crippen molar-refractivity contribution in [3.05, 3.63) is 11.8 Å². The zero-order valence-corrected chi connectivity index (χ0v) is 18.6. The van der Waals surface area contributed by atoms with E-state index in [0.717, 1.165) is 5.20 Å². The Kier molecular flexibility index (Phi) is 5.84. The molecule has 22 heavy (non-hydrogen) atoms. The van der Waals surface area contributed by atoms with E-state index in [0.29, 0.717) is 6.42 Å². The Hall–Kier alpha value is -0.0825. The smallest absolute Gasteiger partial charge is 0.347 e. The minimum atomic E-state index is -2.78. The highest BCUT2D eigenvalue weighted by Gasteiger charge is 2.53. The molecule has 0 saturated carbocycles. The van der Waals surface area contributed by atoms with E-state index in [9.17, 15) is 4.79 Å². The standard InChI is InChI=1S/C12H28O6Si4/c1-11(9-10-12(13)14)22(8)17-20(4,5)15-19(2,3)16-21(6,7)18-22/h1,9-10H2,2-8H3,(H,13,14). The van der Waals surface area contributed by atoms with Crippen LogP contribution in [0, 0.1) is 0 Å². The van der Waals surface area contributed by atoms with E-state index in [-0.39, 0.29) is 6.42 Å². The molecule has 1 fully saturated rings. The lowest BCUT2D eigenvalue weighted by molar-refractivity contribution is -0.136. The highest BCUT2D eigenvalue weighted by molar-refractivity contribution is 6.95. The van der Waals surface area contributed by atoms with Crippen LogP contribution < -0.4 is 0 Å². The Morgan fingerprint density at radius 1 is 0.818 bits per heavy atom. The van der Waals surface area contributed by atoms with E-state index in [1.165, 1.54) is 0 Å². The number of allylic oxidation sites excluding steroid dienone is 1. The van der Waals surface area contributed by atoms with Gasteiger partial charge in [-0.3, -0.25) is 4.79 Å². The fourth-order valence-corrected chi connectivity index (χ4v) is 23.7. The van der Waals surface area contributed by atoms with Crippen LogP contribution in [0.3, 0.4) is 0 Å². The number of carbonyl (C=O) groups is 1. The van der Waals surface area contributed by atoms with Crippen LogP contribution >= 0.6 is 0 Å². The third kappa shape index (κ3) is 5.85. The summed E-state index contributed by atoms with van der Waals surface area (Å²) in [4.78, 5) is 10.8. The van der Waals surface area contributed by atoms with E-state index in [1.54, 1.807) is 0 Å². The fourth-order valence-electron chi connectivity index (χ4n) is 2.83. The monoisotopic (exact) mass is 380 g/mol. The lowest BCUT2D eigenvalue weighted by Gasteiger charge is -2.48. The fraction of sp³-hybridized carbons (Fsp3) is 0.750. The molecule has 1 saturated heterocycles. The molecule has 0 aromatic carbocycles. The molecule has 0 atom stereocenters. The molecule has 0 amide bonds. The van der Waals surface area contributed by atoms with Crippen LogP contribution in [0.25, 0.3) is 0 Å². The molecular formula is C12H28O6Si4. The van der Waals surface area contributed by atoms with Gasteiger partial charge in [0.05, 0.1) is 0 Å². The molecule has 1 aliphatic heterocycles. The minimum Gasteiger partial charge on any atom is -0.481 e. The Morgan fingerprint density at radius 2 is 1.18 bits per heavy atom. The van der Waals surface area contributed by atoms with Gasteiger partial charge in [0, 0.05) is 6.42 Å². The molecule has 1 heterocycles. The van der Waals surface area contributed by atoms with Crippen molar-refractivity contribution in [3.63, 3.8) is 0 Å². The second kappa shape index (κ2) is 6.43. The van der Waals surface area contributed by atoms with Crippen molar-refractivity contribution >= 4 is 40.2 Å². The van der Waals surface area contributed by atoms with E-state index in [4.69, 9.17) is 21.6 Å². The summed E-state index contributed by atoms with van der Waals surface area (Å²) in [7, 11) is -9.97. The maximum atomic E-state index is 10.8. The van der Waals surface area contributed by atoms with Crippen molar-refractivity contribution in [1.29, 1.82) is 0 Å². The molecule has 0 aromatic heterocycles. The summed E-state index contributed by atoms with van der Waals surface area (Å²) >= 11 is 0. The summed E-state index contributed by atoms with van der Waals surface area (Å²) in [6, 6.07) is 0. The van der Waals surface area contributed by atoms with Crippen LogP contribution in [-0.2, 0) is 21.3 Å². The largest absolute Gasteiger partial charge is 0.481 e. The molecule has 1 rings (SSSR count). The number of hydrogen-bond acceptors (Lipinski definition) is 5. The Labute approximate surface area is 137 Å². The first-order chi connectivity index (χ1) is 9.67. The first-order valence-corrected chi connectivity index (χ1v) is 18.1. The van der Waals surface area contributed by atoms with Gasteiger partial charge in [-0.2, -0.15) is 0 Å². The molecular weight excluding hydrogens is 352 g/mol. The highest BCUT2D eigenvalue weighted by atomic mass is 28.5. The van der Waals surface area contributed by atoms with Crippen LogP contribution in [0.4, 0.5) is 0 Å². The number of aliphatic carboxylic acids is 1. The van der Waals surface area contributed by atoms with Gasteiger partial charge < -0.3 is 21.6 Å². The molecule has 1 N–H and O–H groups in total. The molecule has 0 bridgehead atoms. The summed E-state index contributed by atoms with van der Waals surface area (Å²) in [6.07, 6.45) is 0.383. The van der Waals surface area contributed by atoms with Crippen molar-refractivity contribution in [1.82, 2.24) is 0 Å². The van der Waals surface area contributed by atoms with Crippen molar-refractivity contribution in [2.45, 2.75) is 58.7 Å². The third-order valence-corrected chi connectivity index (χ3v) is 19.6. The molecule has 0 radical (unpaired) electrons. The Balaban J connectivity index is 3.06. The minimum absolute atomic E-state index is 0.0278. The molecule has 0 aromatic rings. The predicted octanol–water partition coefficient (Wildman–Crippen LogP) is 3.20. The lowest BCUT2D eigenvalue weighted by atomic mass is 10.3. The quantitative estimate of drug-likeness (QED) is 0.755. The maximum absolute atomic E-state index is 10.8. The van der Waals surface area contributed by atoms with Gasteiger partial charge in [0.25, 0.3) is 0 Å². The maximum Gasteiger partial charge on any atom is 0.347 e. The summed E-state index contributed by atoms with van der Waals surface area (Å²) in [5.74, 6) is -0.848. The predicted molar refractivity (Wildman–Crippen MR) is 94.4 cm³/mol. The number of carboxylic acids is 1. The topological polar surface area (TPSA) is 74.2 Å². The summed E-state index contributed by atoms with van der Waals surface area (Å²) in [5.41, 5.74) is 0. The molecule has 0 unspecified atom stereocenters. The van der Waals surface area contributed by atoms with Gasteiger partial charge in [-0.15, -0.1) is 0 Å². The van der Waals surface area contributed by atoms with E-state index < -0.39 is 40.2 Å². The Morgan fingerprint density at radius 3 is 1.55 bits per heavy atom. The van der Waals surface area contributed by atoms with Gasteiger partial charge in [-0.05, 0) is 57.4 Å². The molecule has 128 valence electrons. The summed E-state index contributed by atoms with van der Waals surface area (Å²) < 4.78 is 25.2. The highest BCUT2D eigenvalue weighted by Crippen LogP contribution is 2.34. The van der Waals surface area contributed by atoms with E-state index >= 15 is 0 Å². The molecule has 0 aliphatic carbocycles. The zero-order valence-electron chi connectivity index (χ0n) is 14.6. The van der Waals surface area contributed by atoms with Gasteiger partial charge in [0.1, 0.15) is 0 Å². The van der Waals surface area contributed by atoms with Crippen molar-refractivity contribution in [2.75, 3.05) is 0 Å². The SMILES string of the molecule is C=C(CCC(=O)O)[Si]1(C)O[Si](C)(C)O[Si](C)(C)O[Si](C)(C)O1. The van der Waals surface area contributed by atoms with Crippen LogP contribution in [0.5, 0.6) is 0 Å². The number of rotatable bonds is 4. The van der Waals surface area contributed by atoms with Gasteiger partial charge in [-0.1, -0.05) is 6.58 Å². The number of hydrogen-bond donors (Lipinski definition) is 1. The zero-order chi connectivity index (χ0) is 17.4. The number of carboxylic acid groups (broad SMARTS) is 1. The summed E-state index contributed by atoms with van der Waals surface area (Å²) in [6.45, 7) is 17.9. The molecule has 10 heteroatoms. The first-order valence-electron chi connectivity index (χ1n) is 7.37. The first kappa shape index (κ1) is 20.0. The van der Waals surface area contributed by atoms with E-state index in [1.807, 2.05) is 45.8 Å². The molecule has 0 spiro atoms. The van der Waals surface area contributed by atoms with Gasteiger partial charge in [-0.25, -0.2) is 0 Å². The lowest BCUT2D eigenvalue weighted by Crippen LogP contribution is -2.65. The van der Waals surface area contributed by atoms with E-state index in [2.05, 4.69) is 6.58 Å². The van der Waals surface area contributed by atoms with Gasteiger partial charge in [0.2, 0.25) is 0 Å². The summed E-state index contributed by atoms with van der Waals surface area (Å²) in [5, 5.41) is 9.63. The van der Waals surface area contributed by atoms with Crippen molar-refractivity contribution < 1.29 is 26.4 Å². The van der Waals surface area contributed by atoms with Crippen LogP contribution in [0.1, 0.15) is 12.8 Å². The van der Waals surface area contributed by atoms with Gasteiger partial charge >= 0.3 is 40.2 Å². The van der Waals surface area contributed by atoms with Crippen molar-refractivity contribution in [2.24, 2.45) is 0 Å². The Bertz CT molecular complexity index is 441. The second-order valence-corrected chi connectivity index (χ2v) is 21.3. The molecule has 1 aliphatic rings.